The Morgan fingerprint density at radius 3 is 2.64 bits per heavy atom. The topological polar surface area (TPSA) is 93.3 Å². The van der Waals surface area contributed by atoms with Crippen molar-refractivity contribution in [3.63, 3.8) is 0 Å². The van der Waals surface area contributed by atoms with E-state index in [1.807, 2.05) is 12.1 Å². The van der Waals surface area contributed by atoms with Gasteiger partial charge >= 0.3 is 5.82 Å². The van der Waals surface area contributed by atoms with Gasteiger partial charge in [0.1, 0.15) is 0 Å². The normalized spacial score (nSPS) is 14.4. The van der Waals surface area contributed by atoms with E-state index in [9.17, 15) is 14.9 Å². The second-order valence-corrected chi connectivity index (χ2v) is 5.11. The summed E-state index contributed by atoms with van der Waals surface area (Å²) in [6.45, 7) is 0.735. The predicted octanol–water partition coefficient (Wildman–Crippen LogP) is 2.20. The van der Waals surface area contributed by atoms with E-state index in [1.165, 1.54) is 6.33 Å². The first kappa shape index (κ1) is 14.1. The van der Waals surface area contributed by atoms with E-state index in [0.29, 0.717) is 17.9 Å². The van der Waals surface area contributed by atoms with Gasteiger partial charge in [-0.3, -0.25) is 9.36 Å². The number of carbonyl (C=O) groups is 1. The Kier molecular flexibility index (Phi) is 3.50. The standard InChI is InChI=1S/C14H15N5O3/c1-17-9-15-13(19(21)22)14(17)16-10-4-6-11(7-5-10)18-8-2-3-12(18)20/h4-7,9,16H,2-3,8H2,1H3. The van der Waals surface area contributed by atoms with Gasteiger partial charge in [-0.15, -0.1) is 0 Å². The van der Waals surface area contributed by atoms with Crippen molar-refractivity contribution >= 4 is 28.9 Å². The molecule has 2 aromatic rings. The number of aryl methyl sites for hydroxylation is 1. The van der Waals surface area contributed by atoms with Crippen molar-refractivity contribution in [2.75, 3.05) is 16.8 Å². The molecule has 0 bridgehead atoms. The zero-order valence-corrected chi connectivity index (χ0v) is 12.0. The summed E-state index contributed by atoms with van der Waals surface area (Å²) in [7, 11) is 1.68. The van der Waals surface area contributed by atoms with Crippen LogP contribution in [0.1, 0.15) is 12.8 Å². The van der Waals surface area contributed by atoms with Gasteiger partial charge in [-0.25, -0.2) is 0 Å². The van der Waals surface area contributed by atoms with Crippen molar-refractivity contribution in [2.45, 2.75) is 12.8 Å². The molecule has 2 heterocycles. The highest BCUT2D eigenvalue weighted by molar-refractivity contribution is 5.95. The lowest BCUT2D eigenvalue weighted by atomic mass is 10.2. The van der Waals surface area contributed by atoms with Gasteiger partial charge in [0.05, 0.1) is 0 Å². The van der Waals surface area contributed by atoms with Crippen LogP contribution in [0.5, 0.6) is 0 Å². The molecule has 8 heteroatoms. The maximum atomic E-state index is 11.7. The number of nitro groups is 1. The molecule has 0 aliphatic carbocycles. The largest absolute Gasteiger partial charge is 0.406 e. The van der Waals surface area contributed by atoms with Crippen molar-refractivity contribution in [1.29, 1.82) is 0 Å². The molecule has 22 heavy (non-hydrogen) atoms. The number of rotatable bonds is 4. The fourth-order valence-corrected chi connectivity index (χ4v) is 2.48. The van der Waals surface area contributed by atoms with Crippen LogP contribution in [0.15, 0.2) is 30.6 Å². The number of anilines is 3. The molecule has 114 valence electrons. The first-order valence-corrected chi connectivity index (χ1v) is 6.89. The summed E-state index contributed by atoms with van der Waals surface area (Å²) in [5, 5.41) is 13.9. The van der Waals surface area contributed by atoms with Crippen LogP contribution >= 0.6 is 0 Å². The molecule has 3 rings (SSSR count). The number of carbonyl (C=O) groups excluding carboxylic acids is 1. The van der Waals surface area contributed by atoms with Gasteiger partial charge < -0.3 is 20.3 Å². The highest BCUT2D eigenvalue weighted by atomic mass is 16.6. The third-order valence-corrected chi connectivity index (χ3v) is 3.61. The van der Waals surface area contributed by atoms with Crippen LogP contribution in [0.25, 0.3) is 0 Å². The number of imidazole rings is 1. The third-order valence-electron chi connectivity index (χ3n) is 3.61. The first-order valence-electron chi connectivity index (χ1n) is 6.89. The quantitative estimate of drug-likeness (QED) is 0.690. The van der Waals surface area contributed by atoms with E-state index in [1.54, 1.807) is 28.6 Å². The fraction of sp³-hybridized carbons (Fsp3) is 0.286. The summed E-state index contributed by atoms with van der Waals surface area (Å²) in [6.07, 6.45) is 2.85. The number of benzene rings is 1. The number of nitrogens with zero attached hydrogens (tertiary/aromatic N) is 4. The predicted molar refractivity (Wildman–Crippen MR) is 81.2 cm³/mol. The number of nitrogens with one attached hydrogen (secondary N) is 1. The second-order valence-electron chi connectivity index (χ2n) is 5.11. The minimum atomic E-state index is -0.528. The van der Waals surface area contributed by atoms with Crippen molar-refractivity contribution in [2.24, 2.45) is 7.05 Å². The molecular weight excluding hydrogens is 286 g/mol. The number of amides is 1. The molecule has 1 aliphatic rings. The zero-order chi connectivity index (χ0) is 15.7. The Morgan fingerprint density at radius 2 is 2.05 bits per heavy atom. The van der Waals surface area contributed by atoms with Gasteiger partial charge in [-0.2, -0.15) is 0 Å². The van der Waals surface area contributed by atoms with Gasteiger partial charge in [-0.05, 0) is 40.6 Å². The molecule has 0 spiro atoms. The van der Waals surface area contributed by atoms with E-state index < -0.39 is 4.92 Å². The molecular formula is C14H15N5O3. The lowest BCUT2D eigenvalue weighted by Crippen LogP contribution is -2.23. The average molecular weight is 301 g/mol. The molecule has 0 saturated carbocycles. The molecule has 1 aromatic carbocycles. The molecule has 1 amide bonds. The molecule has 8 nitrogen and oxygen atoms in total. The van der Waals surface area contributed by atoms with E-state index in [2.05, 4.69) is 10.3 Å². The molecule has 0 atom stereocenters. The smallest absolute Gasteiger partial charge is 0.358 e. The number of hydrogen-bond acceptors (Lipinski definition) is 5. The van der Waals surface area contributed by atoms with Gasteiger partial charge in [0.15, 0.2) is 0 Å². The SMILES string of the molecule is Cn1cnc([N+](=O)[O-])c1Nc1ccc(N2CCCC2=O)cc1. The van der Waals surface area contributed by atoms with Crippen LogP contribution in [0.2, 0.25) is 0 Å². The van der Waals surface area contributed by atoms with Crippen LogP contribution in [0.3, 0.4) is 0 Å². The van der Waals surface area contributed by atoms with Crippen LogP contribution in [0, 0.1) is 10.1 Å². The van der Waals surface area contributed by atoms with Gasteiger partial charge in [0, 0.05) is 31.4 Å². The van der Waals surface area contributed by atoms with E-state index in [4.69, 9.17) is 0 Å². The molecule has 0 unspecified atom stereocenters. The van der Waals surface area contributed by atoms with E-state index >= 15 is 0 Å². The van der Waals surface area contributed by atoms with Gasteiger partial charge in [0.25, 0.3) is 0 Å². The average Bonchev–Trinajstić information content (AvgIpc) is 3.07. The van der Waals surface area contributed by atoms with Crippen LogP contribution < -0.4 is 10.2 Å². The molecule has 1 aromatic heterocycles. The third kappa shape index (κ3) is 2.50. The summed E-state index contributed by atoms with van der Waals surface area (Å²) in [6, 6.07) is 7.23. The zero-order valence-electron chi connectivity index (χ0n) is 12.0. The Labute approximate surface area is 126 Å². The summed E-state index contributed by atoms with van der Waals surface area (Å²) in [4.78, 5) is 27.6. The Morgan fingerprint density at radius 1 is 1.32 bits per heavy atom. The van der Waals surface area contributed by atoms with E-state index in [-0.39, 0.29) is 11.7 Å². The fourth-order valence-electron chi connectivity index (χ4n) is 2.48. The number of aromatic nitrogens is 2. The Balaban J connectivity index is 1.81. The molecule has 1 fully saturated rings. The van der Waals surface area contributed by atoms with Gasteiger partial charge in [-0.1, -0.05) is 0 Å². The summed E-state index contributed by atoms with van der Waals surface area (Å²) < 4.78 is 1.55. The van der Waals surface area contributed by atoms with Crippen LogP contribution in [-0.2, 0) is 11.8 Å². The monoisotopic (exact) mass is 301 g/mol. The molecule has 1 N–H and O–H groups in total. The first-order chi connectivity index (χ1) is 10.6. The van der Waals surface area contributed by atoms with Crippen molar-refractivity contribution in [3.8, 4) is 0 Å². The summed E-state index contributed by atoms with van der Waals surface area (Å²) in [5.41, 5.74) is 1.54. The van der Waals surface area contributed by atoms with Crippen molar-refractivity contribution in [3.05, 3.63) is 40.7 Å². The minimum Gasteiger partial charge on any atom is -0.358 e. The summed E-state index contributed by atoms with van der Waals surface area (Å²) >= 11 is 0. The van der Waals surface area contributed by atoms with E-state index in [0.717, 1.165) is 18.7 Å². The van der Waals surface area contributed by atoms with Gasteiger partial charge in [0.2, 0.25) is 18.1 Å². The summed E-state index contributed by atoms with van der Waals surface area (Å²) in [5.74, 6) is 0.222. The molecule has 0 radical (unpaired) electrons. The van der Waals surface area contributed by atoms with Crippen LogP contribution in [-0.4, -0.2) is 26.9 Å². The lowest BCUT2D eigenvalue weighted by molar-refractivity contribution is -0.388. The highest BCUT2D eigenvalue weighted by Gasteiger charge is 2.22. The highest BCUT2D eigenvalue weighted by Crippen LogP contribution is 2.28. The number of hydrogen-bond donors (Lipinski definition) is 1. The maximum Gasteiger partial charge on any atom is 0.406 e. The molecule has 1 saturated heterocycles. The van der Waals surface area contributed by atoms with Crippen molar-refractivity contribution in [1.82, 2.24) is 9.55 Å². The lowest BCUT2D eigenvalue weighted by Gasteiger charge is -2.16. The second kappa shape index (κ2) is 5.47. The Bertz CT molecular complexity index is 723. The van der Waals surface area contributed by atoms with Crippen LogP contribution in [0.4, 0.5) is 23.0 Å². The Hall–Kier alpha value is -2.90. The van der Waals surface area contributed by atoms with Crippen molar-refractivity contribution < 1.29 is 9.72 Å². The maximum absolute atomic E-state index is 11.7. The minimum absolute atomic E-state index is 0.128. The molecule has 1 aliphatic heterocycles.